The Hall–Kier alpha value is -3.74. The molecular weight excluding hydrogens is 328 g/mol. The first-order chi connectivity index (χ1) is 12.6. The summed E-state index contributed by atoms with van der Waals surface area (Å²) in [4.78, 5) is 8.64. The second-order valence-corrected chi connectivity index (χ2v) is 5.87. The van der Waals surface area contributed by atoms with Crippen LogP contribution in [0.1, 0.15) is 5.69 Å². The van der Waals surface area contributed by atoms with E-state index in [9.17, 15) is 5.11 Å². The predicted molar refractivity (Wildman–Crippen MR) is 98.6 cm³/mol. The minimum atomic E-state index is 0.135. The van der Waals surface area contributed by atoms with E-state index in [1.807, 2.05) is 35.9 Å². The van der Waals surface area contributed by atoms with Gasteiger partial charge in [-0.05, 0) is 37.3 Å². The monoisotopic (exact) mass is 344 g/mol. The van der Waals surface area contributed by atoms with E-state index >= 15 is 0 Å². The number of nitrogens with two attached hydrogens (primary N) is 1. The first-order valence-electron chi connectivity index (χ1n) is 8.01. The summed E-state index contributed by atoms with van der Waals surface area (Å²) in [6.45, 7) is 1.94. The molecule has 0 radical (unpaired) electrons. The number of anilines is 1. The van der Waals surface area contributed by atoms with E-state index in [-0.39, 0.29) is 11.6 Å². The van der Waals surface area contributed by atoms with Gasteiger partial charge in [0.05, 0.1) is 17.7 Å². The number of nitrogen functional groups attached to an aromatic ring is 1. The van der Waals surface area contributed by atoms with Crippen LogP contribution in [0.2, 0.25) is 0 Å². The minimum Gasteiger partial charge on any atom is -0.507 e. The quantitative estimate of drug-likeness (QED) is 0.592. The molecule has 0 saturated carbocycles. The number of pyridine rings is 1. The van der Waals surface area contributed by atoms with Crippen LogP contribution in [0.5, 0.6) is 5.75 Å². The number of imidazole rings is 1. The molecule has 3 aromatic heterocycles. The number of phenols is 1. The SMILES string of the molecule is Cc1cc(-n2cnc(-c3cc(-c4ccccc4O)nnc3N)c2)ccn1. The molecule has 26 heavy (non-hydrogen) atoms. The van der Waals surface area contributed by atoms with Crippen molar-refractivity contribution in [1.29, 1.82) is 0 Å². The summed E-state index contributed by atoms with van der Waals surface area (Å²) >= 11 is 0. The highest BCUT2D eigenvalue weighted by atomic mass is 16.3. The van der Waals surface area contributed by atoms with E-state index in [0.29, 0.717) is 22.5 Å². The van der Waals surface area contributed by atoms with Crippen LogP contribution in [0, 0.1) is 6.92 Å². The van der Waals surface area contributed by atoms with Crippen molar-refractivity contribution in [1.82, 2.24) is 24.7 Å². The Morgan fingerprint density at radius 2 is 1.81 bits per heavy atom. The van der Waals surface area contributed by atoms with Gasteiger partial charge in [0.15, 0.2) is 5.82 Å². The largest absolute Gasteiger partial charge is 0.507 e. The van der Waals surface area contributed by atoms with Crippen molar-refractivity contribution in [3.8, 4) is 34.0 Å². The van der Waals surface area contributed by atoms with Gasteiger partial charge in [-0.1, -0.05) is 12.1 Å². The van der Waals surface area contributed by atoms with Gasteiger partial charge in [-0.2, -0.15) is 0 Å². The van der Waals surface area contributed by atoms with Crippen LogP contribution in [-0.4, -0.2) is 29.8 Å². The molecule has 1 aromatic carbocycles. The van der Waals surface area contributed by atoms with E-state index in [2.05, 4.69) is 20.2 Å². The molecule has 0 bridgehead atoms. The first-order valence-corrected chi connectivity index (χ1v) is 8.01. The zero-order valence-corrected chi connectivity index (χ0v) is 14.0. The van der Waals surface area contributed by atoms with Gasteiger partial charge in [-0.25, -0.2) is 4.98 Å². The summed E-state index contributed by atoms with van der Waals surface area (Å²) in [6, 6.07) is 12.6. The Morgan fingerprint density at radius 1 is 0.962 bits per heavy atom. The Kier molecular flexibility index (Phi) is 3.81. The van der Waals surface area contributed by atoms with Gasteiger partial charge in [0, 0.05) is 34.9 Å². The lowest BCUT2D eigenvalue weighted by atomic mass is 10.1. The van der Waals surface area contributed by atoms with Crippen molar-refractivity contribution in [2.45, 2.75) is 6.92 Å². The number of benzene rings is 1. The van der Waals surface area contributed by atoms with E-state index < -0.39 is 0 Å². The van der Waals surface area contributed by atoms with Gasteiger partial charge in [0.25, 0.3) is 0 Å². The summed E-state index contributed by atoms with van der Waals surface area (Å²) in [5.41, 5.74) is 10.3. The van der Waals surface area contributed by atoms with E-state index in [4.69, 9.17) is 5.73 Å². The van der Waals surface area contributed by atoms with Crippen molar-refractivity contribution < 1.29 is 5.11 Å². The highest BCUT2D eigenvalue weighted by Crippen LogP contribution is 2.31. The highest BCUT2D eigenvalue weighted by molar-refractivity contribution is 5.77. The molecule has 0 aliphatic heterocycles. The molecule has 0 aliphatic rings. The number of aryl methyl sites for hydroxylation is 1. The van der Waals surface area contributed by atoms with Gasteiger partial charge >= 0.3 is 0 Å². The summed E-state index contributed by atoms with van der Waals surface area (Å²) in [5.74, 6) is 0.413. The van der Waals surface area contributed by atoms with Gasteiger partial charge in [0.2, 0.25) is 0 Å². The first kappa shape index (κ1) is 15.8. The van der Waals surface area contributed by atoms with E-state index in [1.165, 1.54) is 0 Å². The van der Waals surface area contributed by atoms with Crippen LogP contribution in [0.3, 0.4) is 0 Å². The van der Waals surface area contributed by atoms with Crippen molar-refractivity contribution in [2.24, 2.45) is 0 Å². The number of phenolic OH excluding ortho intramolecular Hbond substituents is 1. The number of hydrogen-bond donors (Lipinski definition) is 2. The topological polar surface area (TPSA) is 103 Å². The fourth-order valence-electron chi connectivity index (χ4n) is 2.72. The smallest absolute Gasteiger partial charge is 0.155 e. The van der Waals surface area contributed by atoms with Gasteiger partial charge < -0.3 is 15.4 Å². The van der Waals surface area contributed by atoms with Crippen LogP contribution in [0.25, 0.3) is 28.2 Å². The minimum absolute atomic E-state index is 0.135. The van der Waals surface area contributed by atoms with E-state index in [0.717, 1.165) is 11.4 Å². The maximum absolute atomic E-state index is 10.0. The Balaban J connectivity index is 1.77. The lowest BCUT2D eigenvalue weighted by Gasteiger charge is -2.06. The maximum Gasteiger partial charge on any atom is 0.155 e. The second-order valence-electron chi connectivity index (χ2n) is 5.87. The molecule has 4 aromatic rings. The molecule has 0 spiro atoms. The molecule has 3 heterocycles. The molecule has 7 heteroatoms. The Bertz CT molecular complexity index is 1090. The van der Waals surface area contributed by atoms with E-state index in [1.54, 1.807) is 36.8 Å². The third kappa shape index (κ3) is 2.86. The molecule has 0 aliphatic carbocycles. The number of aromatic nitrogens is 5. The van der Waals surface area contributed by atoms with Gasteiger partial charge in [-0.15, -0.1) is 10.2 Å². The average Bonchev–Trinajstić information content (AvgIpc) is 3.13. The van der Waals surface area contributed by atoms with Crippen molar-refractivity contribution in [2.75, 3.05) is 5.73 Å². The lowest BCUT2D eigenvalue weighted by Crippen LogP contribution is -1.99. The van der Waals surface area contributed by atoms with Crippen molar-refractivity contribution >= 4 is 5.82 Å². The molecular formula is C19H16N6O. The van der Waals surface area contributed by atoms with Crippen LogP contribution in [0.15, 0.2) is 61.2 Å². The number of rotatable bonds is 3. The number of para-hydroxylation sites is 1. The molecule has 0 fully saturated rings. The highest BCUT2D eigenvalue weighted by Gasteiger charge is 2.13. The van der Waals surface area contributed by atoms with Crippen molar-refractivity contribution in [3.63, 3.8) is 0 Å². The Labute approximate surface area is 149 Å². The molecule has 3 N–H and O–H groups in total. The van der Waals surface area contributed by atoms with Crippen LogP contribution in [0.4, 0.5) is 5.82 Å². The molecule has 0 unspecified atom stereocenters. The summed E-state index contributed by atoms with van der Waals surface area (Å²) in [5, 5.41) is 18.2. The molecule has 0 saturated heterocycles. The van der Waals surface area contributed by atoms with Gasteiger partial charge in [-0.3, -0.25) is 4.98 Å². The molecule has 7 nitrogen and oxygen atoms in total. The number of hydrogen-bond acceptors (Lipinski definition) is 6. The van der Waals surface area contributed by atoms with Crippen LogP contribution < -0.4 is 5.73 Å². The predicted octanol–water partition coefficient (Wildman–Crippen LogP) is 2.99. The van der Waals surface area contributed by atoms with Gasteiger partial charge in [0.1, 0.15) is 5.75 Å². The standard InChI is InChI=1S/C19H16N6O/c1-12-8-13(6-7-21-12)25-10-17(22-11-25)15-9-16(23-24-19(15)20)14-4-2-3-5-18(14)26/h2-11,26H,1H3,(H2,20,24). The normalized spacial score (nSPS) is 10.8. The fraction of sp³-hybridized carbons (Fsp3) is 0.0526. The summed E-state index contributed by atoms with van der Waals surface area (Å²) < 4.78 is 1.89. The summed E-state index contributed by atoms with van der Waals surface area (Å²) in [7, 11) is 0. The lowest BCUT2D eigenvalue weighted by molar-refractivity contribution is 0.477. The maximum atomic E-state index is 10.0. The Morgan fingerprint density at radius 3 is 2.62 bits per heavy atom. The zero-order valence-electron chi connectivity index (χ0n) is 14.0. The number of aromatic hydroxyl groups is 1. The third-order valence-corrected chi connectivity index (χ3v) is 4.04. The second kappa shape index (κ2) is 6.29. The zero-order chi connectivity index (χ0) is 18.1. The summed E-state index contributed by atoms with van der Waals surface area (Å²) in [6.07, 6.45) is 5.34. The number of nitrogens with zero attached hydrogens (tertiary/aromatic N) is 5. The molecule has 128 valence electrons. The molecule has 0 amide bonds. The van der Waals surface area contributed by atoms with Crippen LogP contribution >= 0.6 is 0 Å². The molecule has 0 atom stereocenters. The third-order valence-electron chi connectivity index (χ3n) is 4.04. The van der Waals surface area contributed by atoms with Crippen LogP contribution in [-0.2, 0) is 0 Å². The molecule has 4 rings (SSSR count). The van der Waals surface area contributed by atoms with Crippen molar-refractivity contribution in [3.05, 3.63) is 66.9 Å². The average molecular weight is 344 g/mol. The fourth-order valence-corrected chi connectivity index (χ4v) is 2.72.